The molecule has 178 valence electrons. The van der Waals surface area contributed by atoms with Gasteiger partial charge in [0, 0.05) is 0 Å². The Bertz CT molecular complexity index is 937. The summed E-state index contributed by atoms with van der Waals surface area (Å²) in [6.07, 6.45) is 7.18. The largest absolute Gasteiger partial charge is 0.383 e. The molecule has 2 aliphatic carbocycles. The fourth-order valence-corrected chi connectivity index (χ4v) is 5.63. The summed E-state index contributed by atoms with van der Waals surface area (Å²) in [5.74, 6) is -0.202. The molecule has 2 aromatic carbocycles. The van der Waals surface area contributed by atoms with Gasteiger partial charge in [-0.3, -0.25) is 0 Å². The Balaban J connectivity index is 1.25. The number of hydrogen-bond donors (Lipinski definition) is 0. The van der Waals surface area contributed by atoms with Crippen molar-refractivity contribution >= 4 is 6.08 Å². The predicted octanol–water partition coefficient (Wildman–Crippen LogP) is 8.60. The summed E-state index contributed by atoms with van der Waals surface area (Å²) in [5.41, 5.74) is 1.66. The highest BCUT2D eigenvalue weighted by Gasteiger charge is 2.38. The SMILES string of the molecule is C/C=C/c1ccc(C(F)(F)OC2CCC(C3CCC(c4ccc(F)c(F)c4)CC3)CC2)cc1. The van der Waals surface area contributed by atoms with Crippen molar-refractivity contribution in [1.29, 1.82) is 0 Å². The number of rotatable bonds is 6. The van der Waals surface area contributed by atoms with Gasteiger partial charge in [0.05, 0.1) is 11.7 Å². The van der Waals surface area contributed by atoms with Crippen molar-refractivity contribution in [2.24, 2.45) is 11.8 Å². The highest BCUT2D eigenvalue weighted by molar-refractivity contribution is 5.49. The molecule has 2 saturated carbocycles. The van der Waals surface area contributed by atoms with E-state index < -0.39 is 23.8 Å². The second-order valence-corrected chi connectivity index (χ2v) is 9.58. The number of allylic oxidation sites excluding steroid dienone is 1. The van der Waals surface area contributed by atoms with Crippen LogP contribution in [0.2, 0.25) is 0 Å². The molecule has 2 aromatic rings. The van der Waals surface area contributed by atoms with Crippen LogP contribution in [0.5, 0.6) is 0 Å². The van der Waals surface area contributed by atoms with Crippen molar-refractivity contribution in [3.8, 4) is 0 Å². The second kappa shape index (κ2) is 10.4. The first-order chi connectivity index (χ1) is 15.9. The lowest BCUT2D eigenvalue weighted by atomic mass is 9.69. The van der Waals surface area contributed by atoms with E-state index in [1.807, 2.05) is 19.1 Å². The number of ether oxygens (including phenoxy) is 1. The van der Waals surface area contributed by atoms with Crippen LogP contribution in [0.25, 0.3) is 6.08 Å². The Hall–Kier alpha value is -2.14. The highest BCUT2D eigenvalue weighted by Crippen LogP contribution is 2.44. The summed E-state index contributed by atoms with van der Waals surface area (Å²) < 4.78 is 61.4. The van der Waals surface area contributed by atoms with Crippen molar-refractivity contribution in [3.05, 3.63) is 76.9 Å². The van der Waals surface area contributed by atoms with E-state index in [0.717, 1.165) is 49.7 Å². The van der Waals surface area contributed by atoms with E-state index in [1.54, 1.807) is 18.2 Å². The molecule has 0 spiro atoms. The van der Waals surface area contributed by atoms with Gasteiger partial charge in [-0.2, -0.15) is 8.78 Å². The molecule has 0 aromatic heterocycles. The summed E-state index contributed by atoms with van der Waals surface area (Å²) in [7, 11) is 0. The zero-order chi connectivity index (χ0) is 23.4. The van der Waals surface area contributed by atoms with Crippen LogP contribution in [0.1, 0.15) is 80.9 Å². The van der Waals surface area contributed by atoms with Crippen LogP contribution in [-0.4, -0.2) is 6.10 Å². The Labute approximate surface area is 193 Å². The first kappa shape index (κ1) is 24.0. The third kappa shape index (κ3) is 5.87. The molecule has 4 rings (SSSR count). The number of alkyl halides is 2. The molecule has 0 atom stereocenters. The first-order valence-corrected chi connectivity index (χ1v) is 12.1. The van der Waals surface area contributed by atoms with Crippen molar-refractivity contribution < 1.29 is 22.3 Å². The zero-order valence-electron chi connectivity index (χ0n) is 19.1. The van der Waals surface area contributed by atoms with Crippen LogP contribution in [0.15, 0.2) is 48.5 Å². The lowest BCUT2D eigenvalue weighted by Crippen LogP contribution is -2.32. The maximum atomic E-state index is 14.7. The minimum Gasteiger partial charge on any atom is -0.313 e. The van der Waals surface area contributed by atoms with Crippen LogP contribution < -0.4 is 0 Å². The summed E-state index contributed by atoms with van der Waals surface area (Å²) in [6, 6.07) is 10.5. The molecular weight excluding hydrogens is 428 g/mol. The van der Waals surface area contributed by atoms with Crippen LogP contribution in [-0.2, 0) is 10.8 Å². The Kier molecular flexibility index (Phi) is 7.58. The van der Waals surface area contributed by atoms with Crippen LogP contribution in [0.4, 0.5) is 17.6 Å². The van der Waals surface area contributed by atoms with E-state index in [2.05, 4.69) is 0 Å². The smallest absolute Gasteiger partial charge is 0.313 e. The summed E-state index contributed by atoms with van der Waals surface area (Å²) in [5, 5.41) is 0. The molecule has 0 N–H and O–H groups in total. The topological polar surface area (TPSA) is 9.23 Å². The van der Waals surface area contributed by atoms with Crippen molar-refractivity contribution in [2.75, 3.05) is 0 Å². The van der Waals surface area contributed by atoms with Crippen LogP contribution in [0, 0.1) is 23.5 Å². The van der Waals surface area contributed by atoms with E-state index >= 15 is 0 Å². The first-order valence-electron chi connectivity index (χ1n) is 12.1. The van der Waals surface area contributed by atoms with Gasteiger partial charge in [-0.1, -0.05) is 30.4 Å². The Morgan fingerprint density at radius 2 is 1.39 bits per heavy atom. The molecule has 2 fully saturated rings. The molecule has 1 nitrogen and oxygen atoms in total. The van der Waals surface area contributed by atoms with Gasteiger partial charge in [-0.15, -0.1) is 0 Å². The third-order valence-electron chi connectivity index (χ3n) is 7.49. The quantitative estimate of drug-likeness (QED) is 0.392. The van der Waals surface area contributed by atoms with Gasteiger partial charge < -0.3 is 4.74 Å². The van der Waals surface area contributed by atoms with Crippen LogP contribution >= 0.6 is 0 Å². The number of benzene rings is 2. The summed E-state index contributed by atoms with van der Waals surface area (Å²) in [4.78, 5) is 0. The van der Waals surface area contributed by atoms with E-state index in [9.17, 15) is 17.6 Å². The molecule has 0 amide bonds. The molecule has 0 aliphatic heterocycles. The third-order valence-corrected chi connectivity index (χ3v) is 7.49. The standard InChI is InChI=1S/C28H32F4O/c1-2-3-19-4-13-24(14-5-19)28(31,32)33-25-15-10-21(11-16-25)20-6-8-22(9-7-20)23-12-17-26(29)27(30)18-23/h2-5,12-14,17-18,20-22,25H,6-11,15-16H2,1H3/b3-2+. The molecule has 0 bridgehead atoms. The maximum absolute atomic E-state index is 14.7. The second-order valence-electron chi connectivity index (χ2n) is 9.58. The van der Waals surface area contributed by atoms with Crippen molar-refractivity contribution in [3.63, 3.8) is 0 Å². The fraction of sp³-hybridized carbons (Fsp3) is 0.500. The van der Waals surface area contributed by atoms with Crippen LogP contribution in [0.3, 0.4) is 0 Å². The van der Waals surface area contributed by atoms with Gasteiger partial charge in [0.25, 0.3) is 0 Å². The summed E-state index contributed by atoms with van der Waals surface area (Å²) >= 11 is 0. The molecule has 33 heavy (non-hydrogen) atoms. The van der Waals surface area contributed by atoms with E-state index in [1.165, 1.54) is 24.3 Å². The fourth-order valence-electron chi connectivity index (χ4n) is 5.63. The van der Waals surface area contributed by atoms with Gasteiger partial charge in [0.1, 0.15) is 0 Å². The molecule has 5 heteroatoms. The minimum atomic E-state index is -3.28. The summed E-state index contributed by atoms with van der Waals surface area (Å²) in [6.45, 7) is 1.89. The molecular formula is C28H32F4O. The van der Waals surface area contributed by atoms with Gasteiger partial charge in [0.15, 0.2) is 11.6 Å². The molecule has 2 aliphatic rings. The van der Waals surface area contributed by atoms with Gasteiger partial charge >= 0.3 is 6.11 Å². The van der Waals surface area contributed by atoms with Gasteiger partial charge in [-0.05, 0) is 111 Å². The van der Waals surface area contributed by atoms with Crippen molar-refractivity contribution in [2.45, 2.75) is 76.4 Å². The molecule has 0 saturated heterocycles. The minimum absolute atomic E-state index is 0.103. The molecule has 0 heterocycles. The highest BCUT2D eigenvalue weighted by atomic mass is 19.3. The number of hydrogen-bond acceptors (Lipinski definition) is 1. The van der Waals surface area contributed by atoms with Crippen molar-refractivity contribution in [1.82, 2.24) is 0 Å². The normalized spacial score (nSPS) is 26.6. The van der Waals surface area contributed by atoms with E-state index in [-0.39, 0.29) is 11.5 Å². The Morgan fingerprint density at radius 1 is 0.788 bits per heavy atom. The molecule has 0 unspecified atom stereocenters. The predicted molar refractivity (Wildman–Crippen MR) is 123 cm³/mol. The number of halogens is 4. The van der Waals surface area contributed by atoms with E-state index in [0.29, 0.717) is 24.7 Å². The maximum Gasteiger partial charge on any atom is 0.383 e. The average Bonchev–Trinajstić information content (AvgIpc) is 2.82. The monoisotopic (exact) mass is 460 g/mol. The Morgan fingerprint density at radius 3 is 1.97 bits per heavy atom. The molecule has 0 radical (unpaired) electrons. The lowest BCUT2D eigenvalue weighted by Gasteiger charge is -2.38. The lowest BCUT2D eigenvalue weighted by molar-refractivity contribution is -0.278. The van der Waals surface area contributed by atoms with E-state index in [4.69, 9.17) is 4.74 Å². The average molecular weight is 461 g/mol. The zero-order valence-corrected chi connectivity index (χ0v) is 19.1. The van der Waals surface area contributed by atoms with Gasteiger partial charge in [-0.25, -0.2) is 8.78 Å². The van der Waals surface area contributed by atoms with Gasteiger partial charge in [0.2, 0.25) is 0 Å².